The molecule has 0 unspecified atom stereocenters. The number of aromatic nitrogens is 2. The maximum atomic E-state index is 11.0. The van der Waals surface area contributed by atoms with Gasteiger partial charge in [0.15, 0.2) is 11.5 Å². The summed E-state index contributed by atoms with van der Waals surface area (Å²) in [5.41, 5.74) is 0.601. The van der Waals surface area contributed by atoms with Gasteiger partial charge in [0.25, 0.3) is 0 Å². The number of carboxylic acids is 1. The van der Waals surface area contributed by atoms with Crippen molar-refractivity contribution in [3.05, 3.63) is 41.9 Å². The summed E-state index contributed by atoms with van der Waals surface area (Å²) in [6.07, 6.45) is 2.68. The number of nitrogens with zero attached hydrogens (tertiary/aromatic N) is 2. The predicted octanol–water partition coefficient (Wildman–Crippen LogP) is 1.48. The molecular formula is C13H10N2O5. The second-order valence-corrected chi connectivity index (χ2v) is 3.99. The van der Waals surface area contributed by atoms with Gasteiger partial charge in [-0.3, -0.25) is 0 Å². The number of benzene rings is 1. The fraction of sp³-hybridized carbons (Fsp3) is 0.154. The Kier molecular flexibility index (Phi) is 3.08. The van der Waals surface area contributed by atoms with E-state index in [0.29, 0.717) is 11.5 Å². The van der Waals surface area contributed by atoms with Crippen LogP contribution in [0.5, 0.6) is 17.4 Å². The Morgan fingerprint density at radius 3 is 2.90 bits per heavy atom. The average molecular weight is 274 g/mol. The van der Waals surface area contributed by atoms with E-state index in [0.717, 1.165) is 5.56 Å². The van der Waals surface area contributed by atoms with Gasteiger partial charge in [-0.15, -0.1) is 0 Å². The molecule has 1 aromatic carbocycles. The van der Waals surface area contributed by atoms with Gasteiger partial charge in [0.05, 0.1) is 0 Å². The molecule has 0 atom stereocenters. The minimum absolute atomic E-state index is 0.0160. The lowest BCUT2D eigenvalue weighted by atomic mass is 10.2. The van der Waals surface area contributed by atoms with Crippen molar-refractivity contribution in [2.45, 2.75) is 6.61 Å². The molecule has 20 heavy (non-hydrogen) atoms. The number of aromatic carboxylic acids is 1. The van der Waals surface area contributed by atoms with Crippen molar-refractivity contribution in [2.75, 3.05) is 6.79 Å². The van der Waals surface area contributed by atoms with E-state index in [2.05, 4.69) is 9.97 Å². The van der Waals surface area contributed by atoms with Gasteiger partial charge < -0.3 is 19.3 Å². The Morgan fingerprint density at radius 1 is 1.25 bits per heavy atom. The van der Waals surface area contributed by atoms with Crippen LogP contribution in [-0.4, -0.2) is 27.8 Å². The van der Waals surface area contributed by atoms with Crippen molar-refractivity contribution in [1.29, 1.82) is 0 Å². The Bertz CT molecular complexity index is 659. The second-order valence-electron chi connectivity index (χ2n) is 3.99. The van der Waals surface area contributed by atoms with Gasteiger partial charge in [-0.25, -0.2) is 14.8 Å². The highest BCUT2D eigenvalue weighted by Crippen LogP contribution is 2.32. The predicted molar refractivity (Wildman–Crippen MR) is 65.9 cm³/mol. The highest BCUT2D eigenvalue weighted by molar-refractivity contribution is 5.87. The lowest BCUT2D eigenvalue weighted by Gasteiger charge is -2.07. The topological polar surface area (TPSA) is 90.8 Å². The molecule has 7 heteroatoms. The van der Waals surface area contributed by atoms with Crippen LogP contribution in [0.4, 0.5) is 0 Å². The highest BCUT2D eigenvalue weighted by Gasteiger charge is 2.16. The van der Waals surface area contributed by atoms with E-state index < -0.39 is 5.97 Å². The van der Waals surface area contributed by atoms with Crippen LogP contribution >= 0.6 is 0 Å². The summed E-state index contributed by atoms with van der Waals surface area (Å²) in [5.74, 6) is 0.125. The highest BCUT2D eigenvalue weighted by atomic mass is 16.7. The van der Waals surface area contributed by atoms with Crippen molar-refractivity contribution in [3.63, 3.8) is 0 Å². The van der Waals surface area contributed by atoms with Crippen LogP contribution in [0, 0.1) is 0 Å². The molecule has 0 radical (unpaired) electrons. The number of ether oxygens (including phenoxy) is 3. The molecule has 2 aromatic rings. The van der Waals surface area contributed by atoms with Gasteiger partial charge in [0.2, 0.25) is 18.4 Å². The minimum Gasteiger partial charge on any atom is -0.476 e. The molecule has 7 nitrogen and oxygen atoms in total. The summed E-state index contributed by atoms with van der Waals surface area (Å²) in [7, 11) is 0. The fourth-order valence-corrected chi connectivity index (χ4v) is 1.76. The van der Waals surface area contributed by atoms with E-state index in [1.807, 2.05) is 6.07 Å². The second kappa shape index (κ2) is 5.04. The van der Waals surface area contributed by atoms with Crippen molar-refractivity contribution in [2.24, 2.45) is 0 Å². The Morgan fingerprint density at radius 2 is 2.05 bits per heavy atom. The summed E-state index contributed by atoms with van der Waals surface area (Å²) in [6, 6.07) is 5.36. The summed E-state index contributed by atoms with van der Waals surface area (Å²) in [6.45, 7) is 0.364. The van der Waals surface area contributed by atoms with Gasteiger partial charge in [0, 0.05) is 12.4 Å². The molecular weight excluding hydrogens is 264 g/mol. The van der Waals surface area contributed by atoms with Gasteiger partial charge in [0.1, 0.15) is 6.61 Å². The lowest BCUT2D eigenvalue weighted by molar-refractivity contribution is 0.0683. The average Bonchev–Trinajstić information content (AvgIpc) is 2.92. The van der Waals surface area contributed by atoms with Crippen molar-refractivity contribution in [3.8, 4) is 17.4 Å². The van der Waals surface area contributed by atoms with Crippen LogP contribution < -0.4 is 14.2 Å². The number of fused-ring (bicyclic) bond motifs is 1. The third-order valence-corrected chi connectivity index (χ3v) is 2.68. The molecule has 2 heterocycles. The zero-order chi connectivity index (χ0) is 13.9. The molecule has 0 saturated carbocycles. The molecule has 0 bridgehead atoms. The third-order valence-electron chi connectivity index (χ3n) is 2.68. The number of carbonyl (C=O) groups is 1. The van der Waals surface area contributed by atoms with Crippen LogP contribution in [0.3, 0.4) is 0 Å². The van der Waals surface area contributed by atoms with E-state index in [1.54, 1.807) is 12.1 Å². The summed E-state index contributed by atoms with van der Waals surface area (Å²) >= 11 is 0. The van der Waals surface area contributed by atoms with Crippen LogP contribution in [0.15, 0.2) is 30.6 Å². The fourth-order valence-electron chi connectivity index (χ4n) is 1.76. The first-order valence-electron chi connectivity index (χ1n) is 5.79. The standard InChI is InChI=1S/C13H10N2O5/c16-13(17)11-12(15-4-3-14-11)18-6-8-1-2-9-10(5-8)20-7-19-9/h1-5H,6-7H2,(H,16,17). The molecule has 0 saturated heterocycles. The normalized spacial score (nSPS) is 12.2. The minimum atomic E-state index is -1.18. The smallest absolute Gasteiger partial charge is 0.360 e. The Labute approximate surface area is 113 Å². The third kappa shape index (κ3) is 2.33. The molecule has 1 aliphatic heterocycles. The Hall–Kier alpha value is -2.83. The molecule has 0 aliphatic carbocycles. The number of hydrogen-bond acceptors (Lipinski definition) is 6. The monoisotopic (exact) mass is 274 g/mol. The molecule has 0 spiro atoms. The quantitative estimate of drug-likeness (QED) is 0.902. The van der Waals surface area contributed by atoms with Gasteiger partial charge >= 0.3 is 5.97 Å². The van der Waals surface area contributed by atoms with E-state index >= 15 is 0 Å². The van der Waals surface area contributed by atoms with E-state index in [-0.39, 0.29) is 25.0 Å². The van der Waals surface area contributed by atoms with Crippen molar-refractivity contribution < 1.29 is 24.1 Å². The van der Waals surface area contributed by atoms with E-state index in [9.17, 15) is 4.79 Å². The van der Waals surface area contributed by atoms with Crippen molar-refractivity contribution in [1.82, 2.24) is 9.97 Å². The SMILES string of the molecule is O=C(O)c1nccnc1OCc1ccc2c(c1)OCO2. The van der Waals surface area contributed by atoms with Gasteiger partial charge in [-0.2, -0.15) is 0 Å². The van der Waals surface area contributed by atoms with E-state index in [1.165, 1.54) is 12.4 Å². The van der Waals surface area contributed by atoms with Gasteiger partial charge in [-0.1, -0.05) is 6.07 Å². The molecule has 0 fully saturated rings. The summed E-state index contributed by atoms with van der Waals surface area (Å²) < 4.78 is 15.9. The maximum Gasteiger partial charge on any atom is 0.360 e. The first-order valence-corrected chi connectivity index (χ1v) is 5.79. The lowest BCUT2D eigenvalue weighted by Crippen LogP contribution is -2.07. The molecule has 1 N–H and O–H groups in total. The molecule has 3 rings (SSSR count). The van der Waals surface area contributed by atoms with Crippen LogP contribution in [-0.2, 0) is 6.61 Å². The maximum absolute atomic E-state index is 11.0. The molecule has 1 aliphatic rings. The largest absolute Gasteiger partial charge is 0.476 e. The van der Waals surface area contributed by atoms with Gasteiger partial charge in [-0.05, 0) is 17.7 Å². The first kappa shape index (κ1) is 12.2. The molecule has 0 amide bonds. The number of carboxylic acid groups (broad SMARTS) is 1. The number of hydrogen-bond donors (Lipinski definition) is 1. The molecule has 102 valence electrons. The van der Waals surface area contributed by atoms with Crippen molar-refractivity contribution >= 4 is 5.97 Å². The zero-order valence-electron chi connectivity index (χ0n) is 10.3. The Balaban J connectivity index is 1.75. The molecule has 1 aromatic heterocycles. The van der Waals surface area contributed by atoms with Crippen LogP contribution in [0.25, 0.3) is 0 Å². The van der Waals surface area contributed by atoms with Crippen LogP contribution in [0.2, 0.25) is 0 Å². The van der Waals surface area contributed by atoms with E-state index in [4.69, 9.17) is 19.3 Å². The zero-order valence-corrected chi connectivity index (χ0v) is 10.3. The van der Waals surface area contributed by atoms with Crippen LogP contribution in [0.1, 0.15) is 16.1 Å². The summed E-state index contributed by atoms with van der Waals surface area (Å²) in [4.78, 5) is 18.6. The first-order chi connectivity index (χ1) is 9.74. The number of rotatable bonds is 4. The summed E-state index contributed by atoms with van der Waals surface area (Å²) in [5, 5.41) is 8.97.